The second kappa shape index (κ2) is 9.93. The number of halogens is 3. The van der Waals surface area contributed by atoms with Gasteiger partial charge in [0.1, 0.15) is 0 Å². The minimum atomic E-state index is -4.44. The second-order valence-electron chi connectivity index (χ2n) is 8.12. The van der Waals surface area contributed by atoms with Gasteiger partial charge in [-0.2, -0.15) is 13.2 Å². The van der Waals surface area contributed by atoms with Gasteiger partial charge in [0, 0.05) is 38.4 Å². The number of unbranched alkanes of at least 4 members (excludes halogenated alkanes) is 1. The smallest absolute Gasteiger partial charge is 0.416 e. The molecule has 28 heavy (non-hydrogen) atoms. The van der Waals surface area contributed by atoms with Crippen molar-refractivity contribution in [1.82, 2.24) is 0 Å². The van der Waals surface area contributed by atoms with Gasteiger partial charge in [-0.15, -0.1) is 0 Å². The molecule has 0 amide bonds. The summed E-state index contributed by atoms with van der Waals surface area (Å²) in [5, 5.41) is 0.156. The molecule has 0 spiro atoms. The highest BCUT2D eigenvalue weighted by molar-refractivity contribution is 6.74. The molecule has 7 heteroatoms. The van der Waals surface area contributed by atoms with Crippen LogP contribution in [0.2, 0.25) is 18.1 Å². The van der Waals surface area contributed by atoms with Crippen molar-refractivity contribution in [3.8, 4) is 11.8 Å². The van der Waals surface area contributed by atoms with Gasteiger partial charge < -0.3 is 13.9 Å². The van der Waals surface area contributed by atoms with Crippen LogP contribution in [0.3, 0.4) is 0 Å². The van der Waals surface area contributed by atoms with Gasteiger partial charge in [-0.25, -0.2) is 0 Å². The van der Waals surface area contributed by atoms with E-state index in [-0.39, 0.29) is 10.6 Å². The summed E-state index contributed by atoms with van der Waals surface area (Å²) in [4.78, 5) is 0. The molecule has 0 heterocycles. The van der Waals surface area contributed by atoms with Gasteiger partial charge >= 0.3 is 6.18 Å². The number of alkyl halides is 3. The van der Waals surface area contributed by atoms with Crippen LogP contribution in [0.5, 0.6) is 0 Å². The maximum Gasteiger partial charge on any atom is 0.416 e. The third kappa shape index (κ3) is 6.93. The molecule has 0 aliphatic carbocycles. The van der Waals surface area contributed by atoms with Gasteiger partial charge in [0.15, 0.2) is 14.6 Å². The zero-order chi connectivity index (χ0) is 21.6. The van der Waals surface area contributed by atoms with Crippen LogP contribution in [-0.2, 0) is 20.1 Å². The molecule has 0 aromatic heterocycles. The van der Waals surface area contributed by atoms with Crippen LogP contribution in [0, 0.1) is 11.8 Å². The van der Waals surface area contributed by atoms with Crippen molar-refractivity contribution in [1.29, 1.82) is 0 Å². The summed E-state index contributed by atoms with van der Waals surface area (Å²) in [5.74, 6) is 5.97. The summed E-state index contributed by atoms with van der Waals surface area (Å²) >= 11 is 0. The lowest BCUT2D eigenvalue weighted by molar-refractivity contribution is -0.138. The highest BCUT2D eigenvalue weighted by Crippen LogP contribution is 2.36. The molecule has 1 aromatic carbocycles. The first-order valence-corrected chi connectivity index (χ1v) is 12.1. The molecule has 0 atom stereocenters. The number of methoxy groups -OCH3 is 2. The topological polar surface area (TPSA) is 27.7 Å². The SMILES string of the molecule is COC(OC)c1cc(C(F)(F)F)ccc1C#CCCCO[Si](C)(C)C(C)(C)C. The van der Waals surface area contributed by atoms with Gasteiger partial charge in [0.2, 0.25) is 0 Å². The maximum absolute atomic E-state index is 13.0. The van der Waals surface area contributed by atoms with Crippen LogP contribution in [0.25, 0.3) is 0 Å². The van der Waals surface area contributed by atoms with E-state index in [9.17, 15) is 13.2 Å². The van der Waals surface area contributed by atoms with E-state index in [0.29, 0.717) is 18.6 Å². The van der Waals surface area contributed by atoms with Crippen molar-refractivity contribution in [3.05, 3.63) is 34.9 Å². The number of hydrogen-bond donors (Lipinski definition) is 0. The number of ether oxygens (including phenoxy) is 2. The number of benzene rings is 1. The van der Waals surface area contributed by atoms with Gasteiger partial charge in [-0.05, 0) is 42.8 Å². The first kappa shape index (κ1) is 24.7. The fourth-order valence-corrected chi connectivity index (χ4v) is 3.35. The minimum absolute atomic E-state index is 0.156. The molecule has 0 aliphatic rings. The Morgan fingerprint density at radius 3 is 2.18 bits per heavy atom. The van der Waals surface area contributed by atoms with Gasteiger partial charge in [0.25, 0.3) is 0 Å². The van der Waals surface area contributed by atoms with Crippen LogP contribution in [0.4, 0.5) is 13.2 Å². The third-order valence-corrected chi connectivity index (χ3v) is 9.54. The molecule has 0 aliphatic heterocycles. The van der Waals surface area contributed by atoms with Crippen molar-refractivity contribution in [3.63, 3.8) is 0 Å². The summed E-state index contributed by atoms with van der Waals surface area (Å²) in [6.07, 6.45) is -3.98. The molecule has 0 radical (unpaired) electrons. The summed E-state index contributed by atoms with van der Waals surface area (Å²) < 4.78 is 55.4. The Labute approximate surface area is 167 Å². The largest absolute Gasteiger partial charge is 0.417 e. The molecular weight excluding hydrogens is 385 g/mol. The number of hydrogen-bond acceptors (Lipinski definition) is 3. The van der Waals surface area contributed by atoms with Crippen LogP contribution >= 0.6 is 0 Å². The summed E-state index contributed by atoms with van der Waals surface area (Å²) in [6.45, 7) is 11.6. The van der Waals surface area contributed by atoms with Crippen molar-refractivity contribution in [2.24, 2.45) is 0 Å². The lowest BCUT2D eigenvalue weighted by Crippen LogP contribution is -2.40. The predicted molar refractivity (Wildman–Crippen MR) is 107 cm³/mol. The molecule has 0 bridgehead atoms. The quantitative estimate of drug-likeness (QED) is 0.231. The van der Waals surface area contributed by atoms with Gasteiger partial charge in [0.05, 0.1) is 5.56 Å². The average molecular weight is 417 g/mol. The van der Waals surface area contributed by atoms with Crippen LogP contribution in [-0.4, -0.2) is 29.1 Å². The van der Waals surface area contributed by atoms with E-state index in [4.69, 9.17) is 13.9 Å². The van der Waals surface area contributed by atoms with E-state index in [1.54, 1.807) is 0 Å². The highest BCUT2D eigenvalue weighted by Gasteiger charge is 2.36. The van der Waals surface area contributed by atoms with Gasteiger partial charge in [-0.1, -0.05) is 32.6 Å². The van der Waals surface area contributed by atoms with Crippen LogP contribution in [0.15, 0.2) is 18.2 Å². The molecule has 1 rings (SSSR count). The number of rotatable bonds is 7. The molecule has 158 valence electrons. The predicted octanol–water partition coefficient (Wildman–Crippen LogP) is 6.15. The summed E-state index contributed by atoms with van der Waals surface area (Å²) in [5.41, 5.74) is -0.0215. The Hall–Kier alpha value is -1.33. The van der Waals surface area contributed by atoms with Crippen molar-refractivity contribution in [2.45, 2.75) is 64.2 Å². The van der Waals surface area contributed by atoms with E-state index in [2.05, 4.69) is 45.7 Å². The standard InChI is InChI=1S/C21H31F3O3Si/c1-20(2,3)28(6,7)27-14-10-8-9-11-16-12-13-17(21(22,23)24)15-18(16)19(25-4)26-5/h12-13,15,19H,8,10,14H2,1-7H3. The molecule has 0 saturated carbocycles. The normalized spacial score (nSPS) is 12.8. The Kier molecular flexibility index (Phi) is 8.76. The molecule has 1 aromatic rings. The van der Waals surface area contributed by atoms with Gasteiger partial charge in [-0.3, -0.25) is 0 Å². The maximum atomic E-state index is 13.0. The fourth-order valence-electron chi connectivity index (χ4n) is 2.26. The first-order chi connectivity index (χ1) is 12.8. The Morgan fingerprint density at radius 2 is 1.68 bits per heavy atom. The molecule has 0 N–H and O–H groups in total. The van der Waals surface area contributed by atoms with Crippen molar-refractivity contribution in [2.75, 3.05) is 20.8 Å². The van der Waals surface area contributed by atoms with E-state index in [0.717, 1.165) is 18.6 Å². The zero-order valence-corrected chi connectivity index (χ0v) is 18.8. The second-order valence-corrected chi connectivity index (χ2v) is 12.9. The molecule has 0 unspecified atom stereocenters. The van der Waals surface area contributed by atoms with Crippen LogP contribution in [0.1, 0.15) is 56.6 Å². The Morgan fingerprint density at radius 1 is 1.07 bits per heavy atom. The molecule has 0 saturated heterocycles. The lowest BCUT2D eigenvalue weighted by Gasteiger charge is -2.36. The monoisotopic (exact) mass is 416 g/mol. The zero-order valence-electron chi connectivity index (χ0n) is 17.8. The molecular formula is C21H31F3O3Si. The summed E-state index contributed by atoms with van der Waals surface area (Å²) in [6, 6.07) is 3.42. The van der Waals surface area contributed by atoms with Crippen molar-refractivity contribution < 1.29 is 27.1 Å². The summed E-state index contributed by atoms with van der Waals surface area (Å²) in [7, 11) is 0.983. The molecule has 3 nitrogen and oxygen atoms in total. The fraction of sp³-hybridized carbons (Fsp3) is 0.619. The van der Waals surface area contributed by atoms with E-state index in [1.807, 2.05) is 0 Å². The van der Waals surface area contributed by atoms with Crippen LogP contribution < -0.4 is 0 Å². The average Bonchev–Trinajstić information content (AvgIpc) is 2.58. The highest BCUT2D eigenvalue weighted by atomic mass is 28.4. The Bertz CT molecular complexity index is 694. The third-order valence-electron chi connectivity index (χ3n) is 5.00. The van der Waals surface area contributed by atoms with Crippen molar-refractivity contribution >= 4 is 8.32 Å². The molecule has 0 fully saturated rings. The van der Waals surface area contributed by atoms with E-state index < -0.39 is 26.3 Å². The lowest BCUT2D eigenvalue weighted by atomic mass is 10.0. The first-order valence-electron chi connectivity index (χ1n) is 9.23. The van der Waals surface area contributed by atoms with E-state index in [1.165, 1.54) is 20.3 Å². The van der Waals surface area contributed by atoms with E-state index >= 15 is 0 Å². The minimum Gasteiger partial charge on any atom is -0.417 e. The Balaban J connectivity index is 2.84.